The summed E-state index contributed by atoms with van der Waals surface area (Å²) in [5.41, 5.74) is -1.79. The largest absolute Gasteiger partial charge is 0.478 e. The molecule has 2 amide bonds. The number of amides is 2. The summed E-state index contributed by atoms with van der Waals surface area (Å²) in [4.78, 5) is 57.4. The number of halogens is 2. The van der Waals surface area contributed by atoms with Crippen molar-refractivity contribution in [2.75, 3.05) is 10.6 Å². The van der Waals surface area contributed by atoms with E-state index in [1.165, 1.54) is 49.3 Å². The van der Waals surface area contributed by atoms with Crippen molar-refractivity contribution in [1.82, 2.24) is 39.5 Å². The van der Waals surface area contributed by atoms with Gasteiger partial charge in [-0.05, 0) is 78.9 Å². The number of carbonyl (C=O) groups excluding carboxylic acids is 2. The van der Waals surface area contributed by atoms with Gasteiger partial charge in [-0.15, -0.1) is 20.4 Å². The number of aryl methyl sites for hydroxylation is 2. The number of hydrogen-bond donors (Lipinski definition) is 4. The fraction of sp³-hybridized carbons (Fsp3) is 0.0909. The summed E-state index contributed by atoms with van der Waals surface area (Å²) in [5, 5.41) is 39.8. The SMILES string of the molecule is O=C(Nc1cc(F)c(CCCc2cc(C(=O)O)c(NC(=O)c3ccc(-n4ccnc4)nn3)cc2F)cc1C(=O)O)c1ccc(-n2ccnc2)nn1. The molecule has 2 aromatic carbocycles. The maximum absolute atomic E-state index is 15.2. The maximum atomic E-state index is 15.2. The van der Waals surface area contributed by atoms with E-state index in [4.69, 9.17) is 0 Å². The van der Waals surface area contributed by atoms with Gasteiger partial charge in [-0.3, -0.25) is 18.7 Å². The van der Waals surface area contributed by atoms with Crippen LogP contribution in [0.25, 0.3) is 11.6 Å². The van der Waals surface area contributed by atoms with Crippen LogP contribution in [-0.2, 0) is 12.8 Å². The Bertz CT molecular complexity index is 2090. The summed E-state index contributed by atoms with van der Waals surface area (Å²) in [6, 6.07) is 9.55. The Morgan fingerprint density at radius 3 is 1.39 bits per heavy atom. The Morgan fingerprint density at radius 1 is 0.627 bits per heavy atom. The van der Waals surface area contributed by atoms with Gasteiger partial charge in [0.1, 0.15) is 24.3 Å². The topological polar surface area (TPSA) is 220 Å². The number of rotatable bonds is 12. The molecule has 0 fully saturated rings. The number of imidazole rings is 2. The molecule has 6 rings (SSSR count). The molecule has 4 heterocycles. The van der Waals surface area contributed by atoms with Gasteiger partial charge in [-0.2, -0.15) is 0 Å². The predicted molar refractivity (Wildman–Crippen MR) is 173 cm³/mol. The molecule has 0 atom stereocenters. The lowest BCUT2D eigenvalue weighted by Gasteiger charge is -2.13. The lowest BCUT2D eigenvalue weighted by atomic mass is 9.98. The average molecular weight is 695 g/mol. The molecule has 0 aliphatic rings. The number of carbonyl (C=O) groups is 4. The molecule has 4 N–H and O–H groups in total. The van der Waals surface area contributed by atoms with E-state index in [9.17, 15) is 29.4 Å². The number of nitrogens with one attached hydrogen (secondary N) is 2. The van der Waals surface area contributed by atoms with Crippen LogP contribution in [0.3, 0.4) is 0 Å². The molecule has 256 valence electrons. The Balaban J connectivity index is 1.12. The quantitative estimate of drug-likeness (QED) is 0.143. The van der Waals surface area contributed by atoms with Gasteiger partial charge in [0.05, 0.1) is 22.5 Å². The van der Waals surface area contributed by atoms with Crippen LogP contribution in [0, 0.1) is 11.6 Å². The highest BCUT2D eigenvalue weighted by Gasteiger charge is 2.21. The molecular weight excluding hydrogens is 670 g/mol. The third kappa shape index (κ3) is 7.59. The van der Waals surface area contributed by atoms with E-state index in [-0.39, 0.29) is 53.2 Å². The van der Waals surface area contributed by atoms with Gasteiger partial charge in [-0.1, -0.05) is 0 Å². The van der Waals surface area contributed by atoms with Crippen LogP contribution in [0.1, 0.15) is 59.2 Å². The van der Waals surface area contributed by atoms with E-state index in [0.717, 1.165) is 24.3 Å². The number of carboxylic acids is 2. The van der Waals surface area contributed by atoms with Crippen LogP contribution in [0.4, 0.5) is 20.2 Å². The average Bonchev–Trinajstić information content (AvgIpc) is 3.86. The first-order valence-electron chi connectivity index (χ1n) is 15.0. The molecule has 16 nitrogen and oxygen atoms in total. The van der Waals surface area contributed by atoms with Crippen LogP contribution < -0.4 is 10.6 Å². The molecule has 0 radical (unpaired) electrons. The fourth-order valence-corrected chi connectivity index (χ4v) is 4.98. The molecular formula is C33H24F2N10O6. The summed E-state index contributed by atoms with van der Waals surface area (Å²) in [6.45, 7) is 0. The zero-order chi connectivity index (χ0) is 36.1. The first-order valence-corrected chi connectivity index (χ1v) is 15.0. The first kappa shape index (κ1) is 33.7. The molecule has 0 spiro atoms. The minimum absolute atomic E-state index is 0.0298. The highest BCUT2D eigenvalue weighted by Crippen LogP contribution is 2.26. The van der Waals surface area contributed by atoms with E-state index in [2.05, 4.69) is 41.0 Å². The number of benzene rings is 2. The summed E-state index contributed by atoms with van der Waals surface area (Å²) >= 11 is 0. The Labute approximate surface area is 285 Å². The standard InChI is InChI=1S/C33H24F2N10O6/c34-22-14-26(38-30(46)24-4-6-28(42-40-24)44-10-8-36-16-44)20(32(48)49)12-18(22)2-1-3-19-13-21(33(50)51)27(15-23(19)35)39-31(47)25-5-7-29(43-41-25)45-11-9-37-17-45/h4-17H,1-3H2,(H,38,46)(H,39,47)(H,48,49)(H,50,51). The second-order valence-corrected chi connectivity index (χ2v) is 10.8. The van der Waals surface area contributed by atoms with Crippen LogP contribution in [0.5, 0.6) is 0 Å². The summed E-state index contributed by atoms with van der Waals surface area (Å²) in [5.74, 6) is -5.43. The Hall–Kier alpha value is -7.24. The third-order valence-corrected chi connectivity index (χ3v) is 7.53. The Morgan fingerprint density at radius 2 is 1.06 bits per heavy atom. The van der Waals surface area contributed by atoms with E-state index >= 15 is 8.78 Å². The number of carboxylic acid groups (broad SMARTS) is 2. The lowest BCUT2D eigenvalue weighted by Crippen LogP contribution is -2.18. The van der Waals surface area contributed by atoms with Crippen molar-refractivity contribution in [2.24, 2.45) is 0 Å². The molecule has 4 aromatic heterocycles. The highest BCUT2D eigenvalue weighted by molar-refractivity contribution is 6.07. The van der Waals surface area contributed by atoms with Gasteiger partial charge >= 0.3 is 11.9 Å². The van der Waals surface area contributed by atoms with Crippen molar-refractivity contribution < 1.29 is 38.2 Å². The number of anilines is 2. The van der Waals surface area contributed by atoms with E-state index in [1.54, 1.807) is 21.5 Å². The van der Waals surface area contributed by atoms with Crippen molar-refractivity contribution in [2.45, 2.75) is 19.3 Å². The molecule has 51 heavy (non-hydrogen) atoms. The maximum Gasteiger partial charge on any atom is 0.337 e. The summed E-state index contributed by atoms with van der Waals surface area (Å²) < 4.78 is 33.4. The van der Waals surface area contributed by atoms with Crippen LogP contribution in [0.2, 0.25) is 0 Å². The number of nitrogens with zero attached hydrogens (tertiary/aromatic N) is 8. The third-order valence-electron chi connectivity index (χ3n) is 7.53. The fourth-order valence-electron chi connectivity index (χ4n) is 4.98. The van der Waals surface area contributed by atoms with Crippen molar-refractivity contribution >= 4 is 35.1 Å². The first-order chi connectivity index (χ1) is 24.6. The molecule has 0 unspecified atom stereocenters. The van der Waals surface area contributed by atoms with Crippen LogP contribution >= 0.6 is 0 Å². The summed E-state index contributed by atoms with van der Waals surface area (Å²) in [6.07, 6.45) is 9.24. The van der Waals surface area contributed by atoms with Gasteiger partial charge in [0.25, 0.3) is 11.8 Å². The molecule has 0 saturated heterocycles. The lowest BCUT2D eigenvalue weighted by molar-refractivity contribution is 0.0686. The van der Waals surface area contributed by atoms with Gasteiger partial charge in [0, 0.05) is 24.8 Å². The minimum atomic E-state index is -1.44. The number of hydrogen-bond acceptors (Lipinski definition) is 10. The van der Waals surface area contributed by atoms with Crippen molar-refractivity contribution in [3.05, 3.63) is 131 Å². The van der Waals surface area contributed by atoms with Crippen molar-refractivity contribution in [3.63, 3.8) is 0 Å². The van der Waals surface area contributed by atoms with Gasteiger partial charge in [-0.25, -0.2) is 28.3 Å². The van der Waals surface area contributed by atoms with Gasteiger partial charge < -0.3 is 20.8 Å². The Kier molecular flexibility index (Phi) is 9.56. The molecule has 0 aliphatic heterocycles. The van der Waals surface area contributed by atoms with Crippen molar-refractivity contribution in [3.8, 4) is 11.6 Å². The number of aromatic carboxylic acids is 2. The number of aromatic nitrogens is 8. The predicted octanol–water partition coefficient (Wildman–Crippen LogP) is 3.99. The van der Waals surface area contributed by atoms with E-state index in [1.807, 2.05) is 0 Å². The monoisotopic (exact) mass is 694 g/mol. The highest BCUT2D eigenvalue weighted by atomic mass is 19.1. The molecule has 0 bridgehead atoms. The van der Waals surface area contributed by atoms with Gasteiger partial charge in [0.15, 0.2) is 23.0 Å². The molecule has 18 heteroatoms. The normalized spacial score (nSPS) is 10.9. The second-order valence-electron chi connectivity index (χ2n) is 10.8. The van der Waals surface area contributed by atoms with Crippen molar-refractivity contribution in [1.29, 1.82) is 0 Å². The van der Waals surface area contributed by atoms with E-state index in [0.29, 0.717) is 11.6 Å². The summed E-state index contributed by atoms with van der Waals surface area (Å²) in [7, 11) is 0. The smallest absolute Gasteiger partial charge is 0.337 e. The van der Waals surface area contributed by atoms with E-state index < -0.39 is 46.5 Å². The molecule has 6 aromatic rings. The molecule has 0 aliphatic carbocycles. The van der Waals surface area contributed by atoms with Gasteiger partial charge in [0.2, 0.25) is 0 Å². The minimum Gasteiger partial charge on any atom is -0.478 e. The second kappa shape index (κ2) is 14.5. The zero-order valence-electron chi connectivity index (χ0n) is 26.1. The molecule has 0 saturated carbocycles. The zero-order valence-corrected chi connectivity index (χ0v) is 26.1. The van der Waals surface area contributed by atoms with Crippen LogP contribution in [-0.4, -0.2) is 73.5 Å². The van der Waals surface area contributed by atoms with Crippen LogP contribution in [0.15, 0.2) is 86.0 Å².